The number of ether oxygens (including phenoxy) is 2. The quantitative estimate of drug-likeness (QED) is 0.653. The maximum atomic E-state index is 9.66. The van der Waals surface area contributed by atoms with Crippen LogP contribution in [0.4, 0.5) is 0 Å². The van der Waals surface area contributed by atoms with Crippen LogP contribution in [0.2, 0.25) is 10.0 Å². The summed E-state index contributed by atoms with van der Waals surface area (Å²) < 4.78 is 11.9. The van der Waals surface area contributed by atoms with Crippen LogP contribution in [-0.4, -0.2) is 25.9 Å². The zero-order valence-electron chi connectivity index (χ0n) is 15.2. The Morgan fingerprint density at radius 1 is 1.18 bits per heavy atom. The Bertz CT molecular complexity index is 1020. The summed E-state index contributed by atoms with van der Waals surface area (Å²) in [5.74, 6) is 1.69. The third kappa shape index (κ3) is 3.70. The molecular formula is C20H17Cl2N3O3. The molecule has 1 N–H and O–H groups in total. The van der Waals surface area contributed by atoms with Crippen LogP contribution in [0.15, 0.2) is 36.5 Å². The molecule has 0 saturated heterocycles. The van der Waals surface area contributed by atoms with Gasteiger partial charge in [-0.05, 0) is 32.0 Å². The minimum absolute atomic E-state index is 0.137. The number of rotatable bonds is 4. The largest absolute Gasteiger partial charge is 0.505 e. The summed E-state index contributed by atoms with van der Waals surface area (Å²) in [6.07, 6.45) is 2.39. The van der Waals surface area contributed by atoms with Gasteiger partial charge in [0.2, 0.25) is 0 Å². The van der Waals surface area contributed by atoms with Crippen LogP contribution in [0, 0.1) is 0 Å². The molecule has 0 unspecified atom stereocenters. The van der Waals surface area contributed by atoms with Crippen LogP contribution >= 0.6 is 23.2 Å². The van der Waals surface area contributed by atoms with Crippen LogP contribution in [-0.2, 0) is 13.0 Å². The summed E-state index contributed by atoms with van der Waals surface area (Å²) in [4.78, 5) is 4.29. The van der Waals surface area contributed by atoms with Crippen LogP contribution in [0.3, 0.4) is 0 Å². The van der Waals surface area contributed by atoms with Gasteiger partial charge >= 0.3 is 0 Å². The Balaban J connectivity index is 1.49. The number of phenolic OH excluding ortho intramolecular Hbond substituents is 1. The van der Waals surface area contributed by atoms with Crippen LogP contribution in [0.1, 0.15) is 25.2 Å². The Kier molecular flexibility index (Phi) is 4.77. The second kappa shape index (κ2) is 7.11. The van der Waals surface area contributed by atoms with Gasteiger partial charge in [0.25, 0.3) is 0 Å². The Hall–Kier alpha value is -2.57. The van der Waals surface area contributed by atoms with Crippen molar-refractivity contribution in [2.45, 2.75) is 32.5 Å². The topological polar surface area (TPSA) is 77.4 Å². The maximum absolute atomic E-state index is 9.66. The number of hydrogen-bond acceptors (Lipinski definition) is 6. The predicted molar refractivity (Wildman–Crippen MR) is 106 cm³/mol. The number of para-hydroxylation sites is 1. The second-order valence-electron chi connectivity index (χ2n) is 7.12. The standard InChI is InChI=1S/C20H17Cl2N3O3/c1-20(2)8-11-4-3-5-16(19(11)28-20)27-10-17-23-9-15(24-25-17)12-6-13(21)18(26)14(22)7-12/h3-7,9,26H,8,10H2,1-2H3. The van der Waals surface area contributed by atoms with Crippen molar-refractivity contribution in [3.8, 4) is 28.5 Å². The zero-order chi connectivity index (χ0) is 19.9. The summed E-state index contributed by atoms with van der Waals surface area (Å²) in [5, 5.41) is 18.2. The maximum Gasteiger partial charge on any atom is 0.188 e. The molecule has 1 aliphatic rings. The molecule has 3 aromatic rings. The van der Waals surface area contributed by atoms with E-state index in [1.54, 1.807) is 18.3 Å². The predicted octanol–water partition coefficient (Wildman–Crippen LogP) is 4.84. The fourth-order valence-corrected chi connectivity index (χ4v) is 3.54. The van der Waals surface area contributed by atoms with Gasteiger partial charge < -0.3 is 14.6 Å². The molecule has 4 rings (SSSR count). The third-order valence-electron chi connectivity index (χ3n) is 4.33. The fraction of sp³-hybridized carbons (Fsp3) is 0.250. The first-order chi connectivity index (χ1) is 13.3. The first kappa shape index (κ1) is 18.8. The summed E-state index contributed by atoms with van der Waals surface area (Å²) in [6.45, 7) is 4.25. The lowest BCUT2D eigenvalue weighted by Crippen LogP contribution is -2.24. The van der Waals surface area contributed by atoms with E-state index in [2.05, 4.69) is 15.2 Å². The van der Waals surface area contributed by atoms with E-state index in [-0.39, 0.29) is 28.0 Å². The summed E-state index contributed by atoms with van der Waals surface area (Å²) in [7, 11) is 0. The van der Waals surface area contributed by atoms with Crippen LogP contribution in [0.5, 0.6) is 17.2 Å². The third-order valence-corrected chi connectivity index (χ3v) is 4.91. The van der Waals surface area contributed by atoms with E-state index in [1.165, 1.54) is 0 Å². The van der Waals surface area contributed by atoms with Crippen LogP contribution < -0.4 is 9.47 Å². The lowest BCUT2D eigenvalue weighted by Gasteiger charge is -2.18. The SMILES string of the molecule is CC1(C)Cc2cccc(OCc3ncc(-c4cc(Cl)c(O)c(Cl)c4)nn3)c2O1. The summed E-state index contributed by atoms with van der Waals surface area (Å²) in [5.41, 5.74) is 1.97. The number of nitrogens with zero attached hydrogens (tertiary/aromatic N) is 3. The van der Waals surface area contributed by atoms with Crippen molar-refractivity contribution < 1.29 is 14.6 Å². The molecular weight excluding hydrogens is 401 g/mol. The van der Waals surface area contributed by atoms with Crippen molar-refractivity contribution in [2.24, 2.45) is 0 Å². The van der Waals surface area contributed by atoms with Crippen LogP contribution in [0.25, 0.3) is 11.3 Å². The molecule has 2 aromatic carbocycles. The highest BCUT2D eigenvalue weighted by Crippen LogP contribution is 2.42. The van der Waals surface area contributed by atoms with Gasteiger partial charge in [0, 0.05) is 17.5 Å². The van der Waals surface area contributed by atoms with Crippen molar-refractivity contribution in [1.29, 1.82) is 0 Å². The van der Waals surface area contributed by atoms with E-state index >= 15 is 0 Å². The lowest BCUT2D eigenvalue weighted by molar-refractivity contribution is 0.131. The molecule has 0 aliphatic carbocycles. The summed E-state index contributed by atoms with van der Waals surface area (Å²) in [6, 6.07) is 8.95. The molecule has 28 heavy (non-hydrogen) atoms. The summed E-state index contributed by atoms with van der Waals surface area (Å²) >= 11 is 11.9. The Labute approximate surface area is 172 Å². The minimum Gasteiger partial charge on any atom is -0.505 e. The van der Waals surface area contributed by atoms with E-state index in [0.717, 1.165) is 17.7 Å². The first-order valence-electron chi connectivity index (χ1n) is 8.63. The number of halogens is 2. The van der Waals surface area contributed by atoms with Gasteiger partial charge in [-0.2, -0.15) is 0 Å². The fourth-order valence-electron chi connectivity index (χ4n) is 3.05. The van der Waals surface area contributed by atoms with Crippen molar-refractivity contribution in [3.63, 3.8) is 0 Å². The minimum atomic E-state index is -0.242. The monoisotopic (exact) mass is 417 g/mol. The first-order valence-corrected chi connectivity index (χ1v) is 9.39. The molecule has 0 saturated carbocycles. The molecule has 0 atom stereocenters. The number of benzene rings is 2. The number of hydrogen-bond donors (Lipinski definition) is 1. The molecule has 144 valence electrons. The Morgan fingerprint density at radius 3 is 2.61 bits per heavy atom. The van der Waals surface area contributed by atoms with E-state index in [1.807, 2.05) is 32.0 Å². The van der Waals surface area contributed by atoms with E-state index < -0.39 is 0 Å². The van der Waals surface area contributed by atoms with Gasteiger partial charge in [0.05, 0.1) is 16.2 Å². The van der Waals surface area contributed by atoms with Gasteiger partial charge in [-0.15, -0.1) is 10.2 Å². The average Bonchev–Trinajstić information content (AvgIpc) is 2.99. The number of aromatic nitrogens is 3. The molecule has 2 heterocycles. The number of aromatic hydroxyl groups is 1. The lowest BCUT2D eigenvalue weighted by atomic mass is 10.0. The highest BCUT2D eigenvalue weighted by Gasteiger charge is 2.32. The zero-order valence-corrected chi connectivity index (χ0v) is 16.8. The van der Waals surface area contributed by atoms with Crippen molar-refractivity contribution in [1.82, 2.24) is 15.2 Å². The molecule has 0 fully saturated rings. The molecule has 0 bridgehead atoms. The van der Waals surface area contributed by atoms with Gasteiger partial charge in [-0.3, -0.25) is 0 Å². The van der Waals surface area contributed by atoms with Crippen molar-refractivity contribution >= 4 is 23.2 Å². The molecule has 0 spiro atoms. The van der Waals surface area contributed by atoms with E-state index in [4.69, 9.17) is 32.7 Å². The number of fused-ring (bicyclic) bond motifs is 1. The van der Waals surface area contributed by atoms with E-state index in [9.17, 15) is 5.11 Å². The highest BCUT2D eigenvalue weighted by molar-refractivity contribution is 6.37. The van der Waals surface area contributed by atoms with Gasteiger partial charge in [0.15, 0.2) is 23.1 Å². The molecule has 0 amide bonds. The van der Waals surface area contributed by atoms with Crippen molar-refractivity contribution in [3.05, 3.63) is 58.0 Å². The molecule has 0 radical (unpaired) electrons. The van der Waals surface area contributed by atoms with E-state index in [0.29, 0.717) is 22.8 Å². The highest BCUT2D eigenvalue weighted by atomic mass is 35.5. The second-order valence-corrected chi connectivity index (χ2v) is 7.93. The molecule has 8 heteroatoms. The van der Waals surface area contributed by atoms with Gasteiger partial charge in [0.1, 0.15) is 17.9 Å². The smallest absolute Gasteiger partial charge is 0.188 e. The van der Waals surface area contributed by atoms with Gasteiger partial charge in [-0.1, -0.05) is 35.3 Å². The Morgan fingerprint density at radius 2 is 1.93 bits per heavy atom. The van der Waals surface area contributed by atoms with Crippen molar-refractivity contribution in [2.75, 3.05) is 0 Å². The number of phenols is 1. The normalized spacial score (nSPS) is 14.4. The van der Waals surface area contributed by atoms with Gasteiger partial charge in [-0.25, -0.2) is 4.98 Å². The molecule has 6 nitrogen and oxygen atoms in total. The molecule has 1 aromatic heterocycles. The average molecular weight is 418 g/mol. The molecule has 1 aliphatic heterocycles.